The van der Waals surface area contributed by atoms with Crippen LogP contribution in [0.1, 0.15) is 24.9 Å². The van der Waals surface area contributed by atoms with E-state index in [-0.39, 0.29) is 0 Å². The molecule has 0 radical (unpaired) electrons. The molecule has 0 aliphatic carbocycles. The number of aromatic amines is 1. The molecule has 2 heterocycles. The van der Waals surface area contributed by atoms with Gasteiger partial charge < -0.3 is 4.98 Å². The lowest BCUT2D eigenvalue weighted by molar-refractivity contribution is 1.12. The number of aliphatic imine (C=N–C) groups is 1. The van der Waals surface area contributed by atoms with E-state index in [0.29, 0.717) is 0 Å². The predicted molar refractivity (Wildman–Crippen MR) is 53.9 cm³/mol. The minimum absolute atomic E-state index is 0.785. The third kappa shape index (κ3) is 1.69. The molecule has 1 N–H and O–H groups in total. The van der Waals surface area contributed by atoms with Crippen LogP contribution >= 0.6 is 0 Å². The molecule has 0 saturated heterocycles. The number of aryl methyl sites for hydroxylation is 1. The van der Waals surface area contributed by atoms with E-state index < -0.39 is 0 Å². The number of rotatable bonds is 1. The van der Waals surface area contributed by atoms with Crippen LogP contribution in [-0.4, -0.2) is 22.2 Å². The summed E-state index contributed by atoms with van der Waals surface area (Å²) in [6.07, 6.45) is 5.06. The highest BCUT2D eigenvalue weighted by Gasteiger charge is 2.07. The van der Waals surface area contributed by atoms with Crippen molar-refractivity contribution in [3.63, 3.8) is 0 Å². The highest BCUT2D eigenvalue weighted by Crippen LogP contribution is 2.16. The lowest BCUT2D eigenvalue weighted by Crippen LogP contribution is -2.01. The first-order valence-electron chi connectivity index (χ1n) is 4.46. The summed E-state index contributed by atoms with van der Waals surface area (Å²) in [6, 6.07) is 0. The van der Waals surface area contributed by atoms with Crippen molar-refractivity contribution in [2.24, 2.45) is 4.99 Å². The van der Waals surface area contributed by atoms with Crippen molar-refractivity contribution in [2.45, 2.75) is 20.3 Å². The summed E-state index contributed by atoms with van der Waals surface area (Å²) < 4.78 is 0. The number of allylic oxidation sites excluding steroid dienone is 1. The van der Waals surface area contributed by atoms with E-state index in [9.17, 15) is 0 Å². The maximum atomic E-state index is 4.40. The van der Waals surface area contributed by atoms with Gasteiger partial charge in [0.05, 0.1) is 18.4 Å². The first-order valence-corrected chi connectivity index (χ1v) is 4.46. The number of dihydropyridines is 1. The maximum Gasteiger partial charge on any atom is 0.103 e. The number of nitrogens with zero attached hydrogens (tertiary/aromatic N) is 2. The van der Waals surface area contributed by atoms with Gasteiger partial charge in [0.15, 0.2) is 0 Å². The Morgan fingerprint density at radius 2 is 2.23 bits per heavy atom. The monoisotopic (exact) mass is 175 g/mol. The molecule has 0 saturated carbocycles. The summed E-state index contributed by atoms with van der Waals surface area (Å²) in [5.41, 5.74) is 3.57. The third-order valence-corrected chi connectivity index (χ3v) is 2.21. The number of aromatic nitrogens is 2. The highest BCUT2D eigenvalue weighted by atomic mass is 14.9. The molecule has 1 aromatic heterocycles. The molecule has 0 atom stereocenters. The Kier molecular flexibility index (Phi) is 2.00. The fourth-order valence-electron chi connectivity index (χ4n) is 1.40. The van der Waals surface area contributed by atoms with Crippen molar-refractivity contribution in [3.8, 4) is 0 Å². The molecular formula is C10H13N3. The molecule has 0 unspecified atom stereocenters. The molecule has 0 bridgehead atoms. The number of nitrogens with one attached hydrogen (secondary N) is 1. The molecular weight excluding hydrogens is 162 g/mol. The molecule has 1 aliphatic heterocycles. The summed E-state index contributed by atoms with van der Waals surface area (Å²) in [4.78, 5) is 11.8. The van der Waals surface area contributed by atoms with Gasteiger partial charge in [0.1, 0.15) is 5.82 Å². The van der Waals surface area contributed by atoms with E-state index >= 15 is 0 Å². The summed E-state index contributed by atoms with van der Waals surface area (Å²) in [5, 5.41) is 0. The fourth-order valence-corrected chi connectivity index (χ4v) is 1.40. The Balaban J connectivity index is 2.20. The second-order valence-electron chi connectivity index (χ2n) is 3.37. The Bertz CT molecular complexity index is 371. The molecule has 0 fully saturated rings. The molecule has 3 heteroatoms. The van der Waals surface area contributed by atoms with Gasteiger partial charge in [-0.2, -0.15) is 0 Å². The minimum Gasteiger partial charge on any atom is -0.342 e. The second-order valence-corrected chi connectivity index (χ2v) is 3.37. The summed E-state index contributed by atoms with van der Waals surface area (Å²) >= 11 is 0. The van der Waals surface area contributed by atoms with Crippen molar-refractivity contribution in [1.29, 1.82) is 0 Å². The molecule has 13 heavy (non-hydrogen) atoms. The summed E-state index contributed by atoms with van der Waals surface area (Å²) in [7, 11) is 0. The lowest BCUT2D eigenvalue weighted by atomic mass is 10.1. The van der Waals surface area contributed by atoms with Gasteiger partial charge in [-0.25, -0.2) is 4.98 Å². The summed E-state index contributed by atoms with van der Waals surface area (Å²) in [5.74, 6) is 0.960. The quantitative estimate of drug-likeness (QED) is 0.696. The second kappa shape index (κ2) is 3.17. The molecule has 0 spiro atoms. The van der Waals surface area contributed by atoms with Gasteiger partial charge >= 0.3 is 0 Å². The van der Waals surface area contributed by atoms with Crippen LogP contribution in [0, 0.1) is 6.92 Å². The largest absolute Gasteiger partial charge is 0.342 e. The zero-order valence-corrected chi connectivity index (χ0v) is 7.96. The first-order chi connectivity index (χ1) is 6.25. The molecule has 1 aromatic rings. The highest BCUT2D eigenvalue weighted by molar-refractivity contribution is 5.88. The first kappa shape index (κ1) is 8.23. The van der Waals surface area contributed by atoms with Crippen LogP contribution in [-0.2, 0) is 0 Å². The van der Waals surface area contributed by atoms with Crippen molar-refractivity contribution in [2.75, 3.05) is 6.54 Å². The zero-order chi connectivity index (χ0) is 9.26. The lowest BCUT2D eigenvalue weighted by Gasteiger charge is -2.08. The fraction of sp³-hybridized carbons (Fsp3) is 0.400. The van der Waals surface area contributed by atoms with Gasteiger partial charge in [0.2, 0.25) is 0 Å². The normalized spacial score (nSPS) is 16.8. The van der Waals surface area contributed by atoms with Crippen LogP contribution < -0.4 is 0 Å². The van der Waals surface area contributed by atoms with E-state index in [2.05, 4.69) is 28.0 Å². The Labute approximate surface area is 77.6 Å². The van der Waals surface area contributed by atoms with Crippen LogP contribution in [0.25, 0.3) is 5.57 Å². The SMILES string of the molecule is CC1=NCC(c2cnc(C)[nH]2)=CC1. The van der Waals surface area contributed by atoms with Gasteiger partial charge in [-0.1, -0.05) is 6.08 Å². The van der Waals surface area contributed by atoms with Crippen LogP contribution in [0.5, 0.6) is 0 Å². The molecule has 68 valence electrons. The van der Waals surface area contributed by atoms with E-state index in [1.807, 2.05) is 13.1 Å². The van der Waals surface area contributed by atoms with Gasteiger partial charge in [-0.3, -0.25) is 4.99 Å². The van der Waals surface area contributed by atoms with E-state index in [4.69, 9.17) is 0 Å². The van der Waals surface area contributed by atoms with E-state index in [1.54, 1.807) is 0 Å². The van der Waals surface area contributed by atoms with Crippen molar-refractivity contribution >= 4 is 11.3 Å². The third-order valence-electron chi connectivity index (χ3n) is 2.21. The average molecular weight is 175 g/mol. The Morgan fingerprint density at radius 1 is 1.38 bits per heavy atom. The number of imidazole rings is 1. The van der Waals surface area contributed by atoms with Gasteiger partial charge in [-0.15, -0.1) is 0 Å². The number of hydrogen-bond acceptors (Lipinski definition) is 2. The molecule has 1 aliphatic rings. The van der Waals surface area contributed by atoms with Gasteiger partial charge in [-0.05, 0) is 19.4 Å². The average Bonchev–Trinajstić information content (AvgIpc) is 2.53. The van der Waals surface area contributed by atoms with Crippen molar-refractivity contribution < 1.29 is 0 Å². The van der Waals surface area contributed by atoms with E-state index in [0.717, 1.165) is 24.5 Å². The maximum absolute atomic E-state index is 4.40. The van der Waals surface area contributed by atoms with E-state index in [1.165, 1.54) is 11.3 Å². The van der Waals surface area contributed by atoms with Crippen LogP contribution in [0.15, 0.2) is 17.3 Å². The Hall–Kier alpha value is -1.38. The van der Waals surface area contributed by atoms with Gasteiger partial charge in [0, 0.05) is 12.1 Å². The summed E-state index contributed by atoms with van der Waals surface area (Å²) in [6.45, 7) is 4.81. The molecule has 0 aromatic carbocycles. The number of H-pyrrole nitrogens is 1. The van der Waals surface area contributed by atoms with Crippen LogP contribution in [0.3, 0.4) is 0 Å². The van der Waals surface area contributed by atoms with Crippen LogP contribution in [0.2, 0.25) is 0 Å². The minimum atomic E-state index is 0.785. The molecule has 0 amide bonds. The molecule has 3 nitrogen and oxygen atoms in total. The predicted octanol–water partition coefficient (Wildman–Crippen LogP) is 1.97. The molecule has 2 rings (SSSR count). The standard InChI is InChI=1S/C10H13N3/c1-7-3-4-9(5-11-7)10-6-12-8(2)13-10/h4,6H,3,5H2,1-2H3,(H,12,13). The van der Waals surface area contributed by atoms with Crippen LogP contribution in [0.4, 0.5) is 0 Å². The van der Waals surface area contributed by atoms with Crippen molar-refractivity contribution in [3.05, 3.63) is 23.8 Å². The smallest absolute Gasteiger partial charge is 0.103 e. The zero-order valence-electron chi connectivity index (χ0n) is 7.96. The van der Waals surface area contributed by atoms with Crippen molar-refractivity contribution in [1.82, 2.24) is 9.97 Å². The Morgan fingerprint density at radius 3 is 2.77 bits per heavy atom. The topological polar surface area (TPSA) is 41.0 Å². The number of hydrogen-bond donors (Lipinski definition) is 1. The van der Waals surface area contributed by atoms with Gasteiger partial charge in [0.25, 0.3) is 0 Å².